The van der Waals surface area contributed by atoms with Gasteiger partial charge < -0.3 is 10.4 Å². The molecule has 1 aliphatic rings. The van der Waals surface area contributed by atoms with Crippen molar-refractivity contribution >= 4 is 17.3 Å². The van der Waals surface area contributed by atoms with Crippen LogP contribution in [-0.2, 0) is 6.54 Å². The van der Waals surface area contributed by atoms with Crippen molar-refractivity contribution in [2.24, 2.45) is 5.41 Å². The van der Waals surface area contributed by atoms with Crippen LogP contribution in [0.1, 0.15) is 48.1 Å². The van der Waals surface area contributed by atoms with E-state index in [0.29, 0.717) is 12.0 Å². The van der Waals surface area contributed by atoms with E-state index in [0.717, 1.165) is 12.2 Å². The van der Waals surface area contributed by atoms with E-state index in [9.17, 15) is 4.79 Å². The molecule has 1 heterocycles. The first-order chi connectivity index (χ1) is 8.15. The molecule has 0 saturated heterocycles. The number of rotatable bonds is 6. The molecular weight excluding hydrogens is 236 g/mol. The highest BCUT2D eigenvalue weighted by molar-refractivity contribution is 7.11. The Morgan fingerprint density at radius 3 is 2.88 bits per heavy atom. The highest BCUT2D eigenvalue weighted by atomic mass is 32.1. The number of thiazole rings is 1. The van der Waals surface area contributed by atoms with Crippen molar-refractivity contribution in [3.63, 3.8) is 0 Å². The van der Waals surface area contributed by atoms with Gasteiger partial charge in [0.15, 0.2) is 0 Å². The molecule has 0 amide bonds. The lowest BCUT2D eigenvalue weighted by Crippen LogP contribution is -2.39. The predicted octanol–water partition coefficient (Wildman–Crippen LogP) is 2.51. The zero-order chi connectivity index (χ0) is 12.3. The molecule has 1 aliphatic carbocycles. The summed E-state index contributed by atoms with van der Waals surface area (Å²) in [5.41, 5.74) is 1.32. The van der Waals surface area contributed by atoms with Gasteiger partial charge in [0, 0.05) is 18.5 Å². The second kappa shape index (κ2) is 5.14. The summed E-state index contributed by atoms with van der Waals surface area (Å²) in [7, 11) is 0. The third kappa shape index (κ3) is 2.84. The van der Waals surface area contributed by atoms with E-state index >= 15 is 0 Å². The monoisotopic (exact) mass is 254 g/mol. The molecule has 0 spiro atoms. The second-order valence-corrected chi connectivity index (χ2v) is 5.62. The van der Waals surface area contributed by atoms with Crippen LogP contribution in [0.3, 0.4) is 0 Å². The number of nitrogens with one attached hydrogen (secondary N) is 1. The summed E-state index contributed by atoms with van der Waals surface area (Å²) in [6, 6.07) is 0. The quantitative estimate of drug-likeness (QED) is 0.819. The lowest BCUT2D eigenvalue weighted by atomic mass is 9.67. The van der Waals surface area contributed by atoms with Crippen LogP contribution in [0.2, 0.25) is 0 Å². The first-order valence-electron chi connectivity index (χ1n) is 6.04. The van der Waals surface area contributed by atoms with Crippen LogP contribution in [0.25, 0.3) is 0 Å². The van der Waals surface area contributed by atoms with Crippen LogP contribution in [0.4, 0.5) is 0 Å². The van der Waals surface area contributed by atoms with Crippen molar-refractivity contribution in [2.75, 3.05) is 6.54 Å². The van der Waals surface area contributed by atoms with Gasteiger partial charge in [-0.15, -0.1) is 11.3 Å². The van der Waals surface area contributed by atoms with Crippen molar-refractivity contribution in [1.29, 1.82) is 0 Å². The Morgan fingerprint density at radius 1 is 1.65 bits per heavy atom. The molecule has 17 heavy (non-hydrogen) atoms. The standard InChI is InChI=1S/C12H18N2O2S/c1-2-12(4-3-5-12)8-13-6-9-7-17-10(14-9)11(15)16/h7,13H,2-6,8H2,1H3,(H,15,16). The third-order valence-electron chi connectivity index (χ3n) is 3.71. The van der Waals surface area contributed by atoms with E-state index in [1.807, 2.05) is 5.38 Å². The van der Waals surface area contributed by atoms with Crippen molar-refractivity contribution in [2.45, 2.75) is 39.2 Å². The van der Waals surface area contributed by atoms with Crippen molar-refractivity contribution < 1.29 is 9.90 Å². The van der Waals surface area contributed by atoms with E-state index < -0.39 is 5.97 Å². The summed E-state index contributed by atoms with van der Waals surface area (Å²) in [5, 5.41) is 14.2. The topological polar surface area (TPSA) is 62.2 Å². The second-order valence-electron chi connectivity index (χ2n) is 4.76. The predicted molar refractivity (Wildman–Crippen MR) is 67.4 cm³/mol. The molecule has 0 aliphatic heterocycles. The van der Waals surface area contributed by atoms with Crippen LogP contribution in [0.5, 0.6) is 0 Å². The molecule has 5 heteroatoms. The molecule has 0 unspecified atom stereocenters. The minimum atomic E-state index is -0.940. The average Bonchev–Trinajstić information content (AvgIpc) is 2.71. The Labute approximate surface area is 105 Å². The van der Waals surface area contributed by atoms with Crippen LogP contribution >= 0.6 is 11.3 Å². The maximum Gasteiger partial charge on any atom is 0.365 e. The Morgan fingerprint density at radius 2 is 2.41 bits per heavy atom. The maximum absolute atomic E-state index is 10.7. The lowest BCUT2D eigenvalue weighted by molar-refractivity contribution is 0.0696. The van der Waals surface area contributed by atoms with E-state index in [-0.39, 0.29) is 5.01 Å². The normalized spacial score (nSPS) is 17.7. The minimum Gasteiger partial charge on any atom is -0.476 e. The fraction of sp³-hybridized carbons (Fsp3) is 0.667. The summed E-state index contributed by atoms with van der Waals surface area (Å²) in [5.74, 6) is -0.940. The van der Waals surface area contributed by atoms with Gasteiger partial charge in [-0.25, -0.2) is 9.78 Å². The van der Waals surface area contributed by atoms with Gasteiger partial charge in [-0.05, 0) is 24.7 Å². The van der Waals surface area contributed by atoms with Gasteiger partial charge in [0.2, 0.25) is 5.01 Å². The molecule has 1 aromatic heterocycles. The number of hydrogen-bond acceptors (Lipinski definition) is 4. The number of aromatic nitrogens is 1. The summed E-state index contributed by atoms with van der Waals surface area (Å²) in [4.78, 5) is 14.7. The van der Waals surface area contributed by atoms with Gasteiger partial charge in [-0.3, -0.25) is 0 Å². The molecular formula is C12H18N2O2S. The van der Waals surface area contributed by atoms with Crippen molar-refractivity contribution in [3.05, 3.63) is 16.1 Å². The molecule has 1 fully saturated rings. The molecule has 0 aromatic carbocycles. The van der Waals surface area contributed by atoms with Crippen molar-refractivity contribution in [3.8, 4) is 0 Å². The van der Waals surface area contributed by atoms with Gasteiger partial charge in [0.05, 0.1) is 5.69 Å². The van der Waals surface area contributed by atoms with Crippen LogP contribution < -0.4 is 5.32 Å². The fourth-order valence-corrected chi connectivity index (χ4v) is 2.93. The van der Waals surface area contributed by atoms with E-state index in [1.165, 1.54) is 37.0 Å². The SMILES string of the molecule is CCC1(CNCc2csc(C(=O)O)n2)CCC1. The Bertz CT molecular complexity index is 393. The number of carboxylic acids is 1. The number of carbonyl (C=O) groups is 1. The lowest BCUT2D eigenvalue weighted by Gasteiger charge is -2.41. The van der Waals surface area contributed by atoms with Crippen LogP contribution in [-0.4, -0.2) is 22.6 Å². The molecule has 0 radical (unpaired) electrons. The molecule has 1 saturated carbocycles. The Hall–Kier alpha value is -0.940. The van der Waals surface area contributed by atoms with Gasteiger partial charge in [-0.1, -0.05) is 13.3 Å². The van der Waals surface area contributed by atoms with Gasteiger partial charge >= 0.3 is 5.97 Å². The number of hydrogen-bond donors (Lipinski definition) is 2. The highest BCUT2D eigenvalue weighted by Gasteiger charge is 2.34. The first-order valence-corrected chi connectivity index (χ1v) is 6.92. The molecule has 2 N–H and O–H groups in total. The zero-order valence-corrected chi connectivity index (χ0v) is 10.8. The molecule has 4 nitrogen and oxygen atoms in total. The highest BCUT2D eigenvalue weighted by Crippen LogP contribution is 2.43. The van der Waals surface area contributed by atoms with Crippen LogP contribution in [0, 0.1) is 5.41 Å². The fourth-order valence-electron chi connectivity index (χ4n) is 2.27. The summed E-state index contributed by atoms with van der Waals surface area (Å²) in [6.07, 6.45) is 5.19. The summed E-state index contributed by atoms with van der Waals surface area (Å²) in [6.45, 7) is 3.93. The number of aromatic carboxylic acids is 1. The van der Waals surface area contributed by atoms with Gasteiger partial charge in [0.25, 0.3) is 0 Å². The third-order valence-corrected chi connectivity index (χ3v) is 4.58. The Kier molecular flexibility index (Phi) is 3.79. The average molecular weight is 254 g/mol. The molecule has 2 rings (SSSR count). The molecule has 0 bridgehead atoms. The van der Waals surface area contributed by atoms with Crippen molar-refractivity contribution in [1.82, 2.24) is 10.3 Å². The van der Waals surface area contributed by atoms with Gasteiger partial charge in [-0.2, -0.15) is 0 Å². The van der Waals surface area contributed by atoms with E-state index in [4.69, 9.17) is 5.11 Å². The van der Waals surface area contributed by atoms with E-state index in [1.54, 1.807) is 0 Å². The number of nitrogens with zero attached hydrogens (tertiary/aromatic N) is 1. The molecule has 94 valence electrons. The summed E-state index contributed by atoms with van der Waals surface area (Å²) < 4.78 is 0. The van der Waals surface area contributed by atoms with E-state index in [2.05, 4.69) is 17.2 Å². The van der Waals surface area contributed by atoms with Crippen LogP contribution in [0.15, 0.2) is 5.38 Å². The minimum absolute atomic E-state index is 0.177. The molecule has 0 atom stereocenters. The largest absolute Gasteiger partial charge is 0.476 e. The Balaban J connectivity index is 1.79. The molecule has 1 aromatic rings. The number of carboxylic acid groups (broad SMARTS) is 1. The first kappa shape index (κ1) is 12.5. The smallest absolute Gasteiger partial charge is 0.365 e. The maximum atomic E-state index is 10.7. The summed E-state index contributed by atoms with van der Waals surface area (Å²) >= 11 is 1.19. The van der Waals surface area contributed by atoms with Gasteiger partial charge in [0.1, 0.15) is 0 Å². The zero-order valence-electron chi connectivity index (χ0n) is 10.0.